The largest absolute Gasteiger partial charge is 0.496 e. The number of nitrogens with zero attached hydrogens (tertiary/aromatic N) is 2. The highest BCUT2D eigenvalue weighted by Gasteiger charge is 2.44. The second kappa shape index (κ2) is 7.34. The maximum absolute atomic E-state index is 13.4. The van der Waals surface area contributed by atoms with Crippen LogP contribution in [0.2, 0.25) is 0 Å². The number of ether oxygens (including phenoxy) is 3. The molecule has 0 amide bonds. The summed E-state index contributed by atoms with van der Waals surface area (Å²) in [7, 11) is 1.43. The number of hydrogen-bond donors (Lipinski definition) is 0. The Hall–Kier alpha value is -2.17. The SMILES string of the molecule is COc1ccccc1-c1cc(C(F)(F)F)nc(S[C@H]2CC(=O)[C@@H]3OC[C@@H]2O3)n1. The van der Waals surface area contributed by atoms with Crippen LogP contribution in [0.4, 0.5) is 13.2 Å². The zero-order chi connectivity index (χ0) is 19.9. The maximum atomic E-state index is 13.4. The number of benzene rings is 1. The van der Waals surface area contributed by atoms with Gasteiger partial charge in [-0.1, -0.05) is 23.9 Å². The number of alkyl halides is 3. The van der Waals surface area contributed by atoms with Gasteiger partial charge in [-0.3, -0.25) is 4.79 Å². The molecule has 10 heteroatoms. The molecule has 0 N–H and O–H groups in total. The van der Waals surface area contributed by atoms with Gasteiger partial charge < -0.3 is 14.2 Å². The number of thioether (sulfide) groups is 1. The van der Waals surface area contributed by atoms with Gasteiger partial charge in [0.15, 0.2) is 10.9 Å². The third kappa shape index (κ3) is 3.71. The highest BCUT2D eigenvalue weighted by molar-refractivity contribution is 7.99. The lowest BCUT2D eigenvalue weighted by Gasteiger charge is -2.25. The maximum Gasteiger partial charge on any atom is 0.433 e. The molecule has 3 heterocycles. The minimum absolute atomic E-state index is 0.0810. The van der Waals surface area contributed by atoms with Crippen LogP contribution in [0.3, 0.4) is 0 Å². The lowest BCUT2D eigenvalue weighted by atomic mass is 10.1. The van der Waals surface area contributed by atoms with Crippen molar-refractivity contribution in [3.05, 3.63) is 36.0 Å². The number of Topliss-reactive ketones (excluding diaryl/α,β-unsaturated/α-hetero) is 1. The van der Waals surface area contributed by atoms with Gasteiger partial charge in [0.05, 0.1) is 25.5 Å². The van der Waals surface area contributed by atoms with E-state index in [1.54, 1.807) is 24.3 Å². The number of aromatic nitrogens is 2. The average molecular weight is 412 g/mol. The fourth-order valence-corrected chi connectivity index (χ4v) is 4.19. The molecule has 2 aromatic rings. The number of hydrogen-bond acceptors (Lipinski definition) is 7. The van der Waals surface area contributed by atoms with E-state index in [1.165, 1.54) is 7.11 Å². The lowest BCUT2D eigenvalue weighted by molar-refractivity contribution is -0.151. The Morgan fingerprint density at radius 2 is 2.04 bits per heavy atom. The quantitative estimate of drug-likeness (QED) is 0.714. The summed E-state index contributed by atoms with van der Waals surface area (Å²) in [4.78, 5) is 19.9. The van der Waals surface area contributed by atoms with Gasteiger partial charge in [-0.05, 0) is 18.2 Å². The van der Waals surface area contributed by atoms with Crippen molar-refractivity contribution in [2.45, 2.75) is 35.4 Å². The predicted molar refractivity (Wildman–Crippen MR) is 92.9 cm³/mol. The summed E-state index contributed by atoms with van der Waals surface area (Å²) in [5.41, 5.74) is -0.555. The number of fused-ring (bicyclic) bond motifs is 2. The van der Waals surface area contributed by atoms with Crippen molar-refractivity contribution >= 4 is 17.5 Å². The zero-order valence-electron chi connectivity index (χ0n) is 14.6. The second-order valence-corrected chi connectivity index (χ2v) is 7.49. The molecular weight excluding hydrogens is 397 g/mol. The first-order chi connectivity index (χ1) is 13.3. The van der Waals surface area contributed by atoms with Gasteiger partial charge in [0, 0.05) is 17.2 Å². The standard InChI is InChI=1S/C18H15F3N2O4S/c1-25-12-5-3-2-4-9(12)10-6-15(18(19,20)21)23-17(22-10)28-14-7-11(24)16-26-8-13(14)27-16/h2-6,13-14,16H,7-8H2,1H3/t13-,14-,16+/m0/s1. The first kappa shape index (κ1) is 19.2. The van der Waals surface area contributed by atoms with Crippen molar-refractivity contribution in [1.29, 1.82) is 0 Å². The van der Waals surface area contributed by atoms with Crippen LogP contribution in [0.5, 0.6) is 5.75 Å². The monoisotopic (exact) mass is 412 g/mol. The van der Waals surface area contributed by atoms with Crippen LogP contribution in [0, 0.1) is 0 Å². The predicted octanol–water partition coefficient (Wildman–Crippen LogP) is 3.35. The van der Waals surface area contributed by atoms with E-state index < -0.39 is 23.4 Å². The third-order valence-corrected chi connectivity index (χ3v) is 5.59. The van der Waals surface area contributed by atoms with E-state index in [2.05, 4.69) is 9.97 Å². The molecule has 6 nitrogen and oxygen atoms in total. The molecule has 0 saturated carbocycles. The van der Waals surface area contributed by atoms with Crippen LogP contribution >= 0.6 is 11.8 Å². The first-order valence-corrected chi connectivity index (χ1v) is 9.29. The van der Waals surface area contributed by atoms with Gasteiger partial charge in [0.1, 0.15) is 11.4 Å². The molecule has 2 bridgehead atoms. The van der Waals surface area contributed by atoms with Gasteiger partial charge in [0.25, 0.3) is 0 Å². The van der Waals surface area contributed by atoms with Crippen molar-refractivity contribution in [3.63, 3.8) is 0 Å². The van der Waals surface area contributed by atoms with Crippen LogP contribution in [0.15, 0.2) is 35.5 Å². The molecule has 0 aliphatic carbocycles. The van der Waals surface area contributed by atoms with Crippen molar-refractivity contribution < 1.29 is 32.2 Å². The summed E-state index contributed by atoms with van der Waals surface area (Å²) in [6, 6.07) is 7.55. The van der Waals surface area contributed by atoms with E-state index in [1.807, 2.05) is 0 Å². The summed E-state index contributed by atoms with van der Waals surface area (Å²) >= 11 is 0.991. The molecule has 2 aliphatic heterocycles. The Bertz CT molecular complexity index is 909. The number of halogens is 3. The first-order valence-electron chi connectivity index (χ1n) is 8.41. The minimum Gasteiger partial charge on any atom is -0.496 e. The van der Waals surface area contributed by atoms with Crippen molar-refractivity contribution in [3.8, 4) is 17.0 Å². The highest BCUT2D eigenvalue weighted by atomic mass is 32.2. The smallest absolute Gasteiger partial charge is 0.433 e. The molecule has 1 aromatic carbocycles. The Kier molecular flexibility index (Phi) is 5.02. The Morgan fingerprint density at radius 1 is 1.25 bits per heavy atom. The Balaban J connectivity index is 1.72. The van der Waals surface area contributed by atoms with Crippen LogP contribution < -0.4 is 4.74 Å². The number of para-hydroxylation sites is 1. The van der Waals surface area contributed by atoms with E-state index in [0.717, 1.165) is 17.8 Å². The molecule has 4 rings (SSSR count). The Labute approximate surface area is 162 Å². The number of ketones is 1. The van der Waals surface area contributed by atoms with E-state index in [0.29, 0.717) is 11.3 Å². The number of rotatable bonds is 4. The molecule has 148 valence electrons. The highest BCUT2D eigenvalue weighted by Crippen LogP contribution is 2.39. The molecule has 0 radical (unpaired) electrons. The molecule has 1 aromatic heterocycles. The molecule has 2 saturated heterocycles. The second-order valence-electron chi connectivity index (χ2n) is 6.29. The zero-order valence-corrected chi connectivity index (χ0v) is 15.4. The van der Waals surface area contributed by atoms with Gasteiger partial charge in [0.2, 0.25) is 6.29 Å². The van der Waals surface area contributed by atoms with Crippen molar-refractivity contribution in [1.82, 2.24) is 9.97 Å². The van der Waals surface area contributed by atoms with Crippen LogP contribution in [-0.4, -0.2) is 47.1 Å². The average Bonchev–Trinajstić information content (AvgIpc) is 3.11. The molecule has 2 aliphatic rings. The molecule has 2 fully saturated rings. The van der Waals surface area contributed by atoms with E-state index >= 15 is 0 Å². The molecule has 28 heavy (non-hydrogen) atoms. The fourth-order valence-electron chi connectivity index (χ4n) is 3.08. The number of methoxy groups -OCH3 is 1. The van der Waals surface area contributed by atoms with Crippen LogP contribution in [-0.2, 0) is 20.4 Å². The summed E-state index contributed by atoms with van der Waals surface area (Å²) in [5, 5.41) is -0.497. The lowest BCUT2D eigenvalue weighted by Crippen LogP contribution is -2.37. The summed E-state index contributed by atoms with van der Waals surface area (Å²) in [5.74, 6) is 0.164. The normalized spacial score (nSPS) is 24.4. The van der Waals surface area contributed by atoms with Crippen LogP contribution in [0.25, 0.3) is 11.3 Å². The summed E-state index contributed by atoms with van der Waals surface area (Å²) in [6.45, 7) is 0.215. The third-order valence-electron chi connectivity index (χ3n) is 4.43. The molecular formula is C18H15F3N2O4S. The number of carbonyl (C=O) groups excluding carboxylic acids is 1. The molecule has 3 atom stereocenters. The van der Waals surface area contributed by atoms with Gasteiger partial charge in [-0.25, -0.2) is 9.97 Å². The summed E-state index contributed by atoms with van der Waals surface area (Å²) < 4.78 is 56.1. The summed E-state index contributed by atoms with van der Waals surface area (Å²) in [6.07, 6.45) is -5.77. The van der Waals surface area contributed by atoms with Gasteiger partial charge >= 0.3 is 6.18 Å². The molecule has 0 spiro atoms. The van der Waals surface area contributed by atoms with Crippen molar-refractivity contribution in [2.24, 2.45) is 0 Å². The van der Waals surface area contributed by atoms with E-state index in [-0.39, 0.29) is 35.8 Å². The van der Waals surface area contributed by atoms with Crippen LogP contribution in [0.1, 0.15) is 12.1 Å². The Morgan fingerprint density at radius 3 is 2.79 bits per heavy atom. The van der Waals surface area contributed by atoms with Gasteiger partial charge in [-0.15, -0.1) is 0 Å². The van der Waals surface area contributed by atoms with Crippen molar-refractivity contribution in [2.75, 3.05) is 13.7 Å². The van der Waals surface area contributed by atoms with E-state index in [4.69, 9.17) is 14.2 Å². The topological polar surface area (TPSA) is 70.5 Å². The molecule has 0 unspecified atom stereocenters. The van der Waals surface area contributed by atoms with E-state index in [9.17, 15) is 18.0 Å². The fraction of sp³-hybridized carbons (Fsp3) is 0.389. The number of carbonyl (C=O) groups is 1. The van der Waals surface area contributed by atoms with Gasteiger partial charge in [-0.2, -0.15) is 13.2 Å². The minimum atomic E-state index is -4.64.